The van der Waals surface area contributed by atoms with E-state index in [1.54, 1.807) is 0 Å². The topological polar surface area (TPSA) is 61.9 Å². The monoisotopic (exact) mass is 255 g/mol. The van der Waals surface area contributed by atoms with Gasteiger partial charge in [0.15, 0.2) is 5.84 Å². The molecule has 0 heterocycles. The van der Waals surface area contributed by atoms with E-state index in [0.717, 1.165) is 17.0 Å². The summed E-state index contributed by atoms with van der Waals surface area (Å²) in [5.41, 5.74) is 6.67. The van der Waals surface area contributed by atoms with Gasteiger partial charge >= 0.3 is 0 Å². The number of rotatable bonds is 5. The first kappa shape index (κ1) is 13.8. The first-order valence-corrected chi connectivity index (χ1v) is 5.89. The summed E-state index contributed by atoms with van der Waals surface area (Å²) in [4.78, 5) is 2.01. The lowest BCUT2D eigenvalue weighted by molar-refractivity contribution is 0.264. The molecule has 5 heteroatoms. The lowest BCUT2D eigenvalue weighted by Crippen LogP contribution is -2.41. The minimum atomic E-state index is -0.0868. The quantitative estimate of drug-likeness (QED) is 0.367. The second kappa shape index (κ2) is 6.47. The van der Waals surface area contributed by atoms with E-state index in [0.29, 0.717) is 6.54 Å². The Kier molecular flexibility index (Phi) is 5.25. The summed E-state index contributed by atoms with van der Waals surface area (Å²) < 4.78 is 0. The molecule has 4 nitrogen and oxygen atoms in total. The summed E-state index contributed by atoms with van der Waals surface area (Å²) >= 11 is 6.09. The van der Waals surface area contributed by atoms with Crippen LogP contribution in [0.15, 0.2) is 29.4 Å². The SMILES string of the molecule is CCC(C(N)=NO)N(C)Cc1ccccc1Cl. The van der Waals surface area contributed by atoms with Gasteiger partial charge in [0.25, 0.3) is 0 Å². The fourth-order valence-electron chi connectivity index (χ4n) is 1.82. The Bertz CT molecular complexity index is 395. The summed E-state index contributed by atoms with van der Waals surface area (Å²) in [5, 5.41) is 12.5. The lowest BCUT2D eigenvalue weighted by atomic mass is 10.1. The molecule has 0 saturated heterocycles. The Labute approximate surface area is 107 Å². The average molecular weight is 256 g/mol. The molecular formula is C12H18ClN3O. The first-order valence-electron chi connectivity index (χ1n) is 5.51. The van der Waals surface area contributed by atoms with Crippen LogP contribution >= 0.6 is 11.6 Å². The fraction of sp³-hybridized carbons (Fsp3) is 0.417. The van der Waals surface area contributed by atoms with Crippen LogP contribution in [0.2, 0.25) is 5.02 Å². The molecule has 0 saturated carbocycles. The zero-order valence-electron chi connectivity index (χ0n) is 10.1. The Morgan fingerprint density at radius 2 is 2.18 bits per heavy atom. The molecule has 1 aromatic rings. The van der Waals surface area contributed by atoms with Crippen LogP contribution < -0.4 is 5.73 Å². The molecule has 0 fully saturated rings. The molecule has 1 atom stereocenters. The Hall–Kier alpha value is -1.26. The molecule has 0 bridgehead atoms. The van der Waals surface area contributed by atoms with Crippen molar-refractivity contribution in [1.82, 2.24) is 4.90 Å². The van der Waals surface area contributed by atoms with Crippen molar-refractivity contribution >= 4 is 17.4 Å². The molecule has 0 aliphatic carbocycles. The van der Waals surface area contributed by atoms with Gasteiger partial charge in [0.05, 0.1) is 6.04 Å². The highest BCUT2D eigenvalue weighted by atomic mass is 35.5. The van der Waals surface area contributed by atoms with E-state index in [1.165, 1.54) is 0 Å². The summed E-state index contributed by atoms with van der Waals surface area (Å²) in [5.74, 6) is 0.224. The third-order valence-electron chi connectivity index (χ3n) is 2.75. The standard InChI is InChI=1S/C12H18ClN3O/c1-3-11(12(14)15-17)16(2)8-9-6-4-5-7-10(9)13/h4-7,11,17H,3,8H2,1-2H3,(H2,14,15). The van der Waals surface area contributed by atoms with Crippen molar-refractivity contribution in [2.45, 2.75) is 25.9 Å². The van der Waals surface area contributed by atoms with Crippen molar-refractivity contribution in [1.29, 1.82) is 0 Å². The first-order chi connectivity index (χ1) is 8.10. The molecule has 0 spiro atoms. The number of nitrogens with two attached hydrogens (primary N) is 1. The third kappa shape index (κ3) is 3.61. The van der Waals surface area contributed by atoms with Crippen molar-refractivity contribution in [2.24, 2.45) is 10.9 Å². The predicted molar refractivity (Wildman–Crippen MR) is 70.4 cm³/mol. The van der Waals surface area contributed by atoms with Crippen LogP contribution in [0.3, 0.4) is 0 Å². The predicted octanol–water partition coefficient (Wildman–Crippen LogP) is 2.30. The summed E-state index contributed by atoms with van der Waals surface area (Å²) in [6.45, 7) is 2.65. The smallest absolute Gasteiger partial charge is 0.156 e. The minimum absolute atomic E-state index is 0.0868. The number of hydrogen-bond donors (Lipinski definition) is 2. The van der Waals surface area contributed by atoms with Gasteiger partial charge in [-0.25, -0.2) is 0 Å². The zero-order valence-corrected chi connectivity index (χ0v) is 10.9. The van der Waals surface area contributed by atoms with Crippen LogP contribution in [0.25, 0.3) is 0 Å². The molecule has 1 rings (SSSR count). The van der Waals surface area contributed by atoms with Gasteiger partial charge in [-0.1, -0.05) is 41.9 Å². The number of oxime groups is 1. The van der Waals surface area contributed by atoms with Crippen LogP contribution in [-0.2, 0) is 6.54 Å². The maximum Gasteiger partial charge on any atom is 0.156 e. The molecule has 0 aliphatic heterocycles. The molecule has 94 valence electrons. The van der Waals surface area contributed by atoms with Gasteiger partial charge in [0, 0.05) is 11.6 Å². The molecular weight excluding hydrogens is 238 g/mol. The van der Waals surface area contributed by atoms with E-state index in [4.69, 9.17) is 22.5 Å². The van der Waals surface area contributed by atoms with E-state index in [2.05, 4.69) is 5.16 Å². The van der Waals surface area contributed by atoms with E-state index in [9.17, 15) is 0 Å². The van der Waals surface area contributed by atoms with Crippen molar-refractivity contribution in [3.63, 3.8) is 0 Å². The zero-order chi connectivity index (χ0) is 12.8. The Balaban J connectivity index is 2.78. The van der Waals surface area contributed by atoms with Crippen LogP contribution in [0, 0.1) is 0 Å². The second-order valence-corrected chi connectivity index (χ2v) is 4.36. The van der Waals surface area contributed by atoms with Gasteiger partial charge in [-0.3, -0.25) is 4.90 Å². The third-order valence-corrected chi connectivity index (χ3v) is 3.12. The number of likely N-dealkylation sites (N-methyl/N-ethyl adjacent to an activating group) is 1. The number of hydrogen-bond acceptors (Lipinski definition) is 3. The van der Waals surface area contributed by atoms with Crippen LogP contribution in [0.4, 0.5) is 0 Å². The van der Waals surface area contributed by atoms with Crippen LogP contribution in [-0.4, -0.2) is 29.0 Å². The molecule has 1 aromatic carbocycles. The van der Waals surface area contributed by atoms with Gasteiger partial charge in [-0.15, -0.1) is 0 Å². The minimum Gasteiger partial charge on any atom is -0.409 e. The average Bonchev–Trinajstić information content (AvgIpc) is 2.32. The van der Waals surface area contributed by atoms with E-state index < -0.39 is 0 Å². The normalized spacial score (nSPS) is 14.0. The van der Waals surface area contributed by atoms with Crippen LogP contribution in [0.5, 0.6) is 0 Å². The van der Waals surface area contributed by atoms with Gasteiger partial charge < -0.3 is 10.9 Å². The molecule has 3 N–H and O–H groups in total. The maximum absolute atomic E-state index is 8.72. The lowest BCUT2D eigenvalue weighted by Gasteiger charge is -2.26. The van der Waals surface area contributed by atoms with Crippen LogP contribution in [0.1, 0.15) is 18.9 Å². The van der Waals surface area contributed by atoms with E-state index in [1.807, 2.05) is 43.1 Å². The fourth-order valence-corrected chi connectivity index (χ4v) is 2.01. The van der Waals surface area contributed by atoms with E-state index >= 15 is 0 Å². The van der Waals surface area contributed by atoms with Gasteiger partial charge in [0.2, 0.25) is 0 Å². The highest BCUT2D eigenvalue weighted by Gasteiger charge is 2.18. The Morgan fingerprint density at radius 1 is 1.53 bits per heavy atom. The van der Waals surface area contributed by atoms with Crippen molar-refractivity contribution in [2.75, 3.05) is 7.05 Å². The second-order valence-electron chi connectivity index (χ2n) is 3.96. The number of halogens is 1. The molecule has 0 amide bonds. The van der Waals surface area contributed by atoms with Crippen molar-refractivity contribution in [3.05, 3.63) is 34.9 Å². The molecule has 0 aromatic heterocycles. The molecule has 0 radical (unpaired) electrons. The molecule has 0 aliphatic rings. The number of amidine groups is 1. The van der Waals surface area contributed by atoms with E-state index in [-0.39, 0.29) is 11.9 Å². The number of benzene rings is 1. The van der Waals surface area contributed by atoms with Gasteiger partial charge in [-0.2, -0.15) is 0 Å². The van der Waals surface area contributed by atoms with Crippen molar-refractivity contribution in [3.8, 4) is 0 Å². The summed E-state index contributed by atoms with van der Waals surface area (Å²) in [6, 6.07) is 7.58. The highest BCUT2D eigenvalue weighted by Crippen LogP contribution is 2.18. The highest BCUT2D eigenvalue weighted by molar-refractivity contribution is 6.31. The van der Waals surface area contributed by atoms with Crippen molar-refractivity contribution < 1.29 is 5.21 Å². The summed E-state index contributed by atoms with van der Waals surface area (Å²) in [7, 11) is 1.93. The van der Waals surface area contributed by atoms with Gasteiger partial charge in [0.1, 0.15) is 0 Å². The molecule has 1 unspecified atom stereocenters. The summed E-state index contributed by atoms with van der Waals surface area (Å²) in [6.07, 6.45) is 0.775. The Morgan fingerprint density at radius 3 is 2.71 bits per heavy atom. The van der Waals surface area contributed by atoms with Gasteiger partial charge in [-0.05, 0) is 25.1 Å². The maximum atomic E-state index is 8.72. The largest absolute Gasteiger partial charge is 0.409 e. The molecule has 17 heavy (non-hydrogen) atoms. The number of nitrogens with zero attached hydrogens (tertiary/aromatic N) is 2.